The first-order valence-electron chi connectivity index (χ1n) is 12.6. The lowest BCUT2D eigenvalue weighted by molar-refractivity contribution is -0.122. The average molecular weight is 553 g/mol. The summed E-state index contributed by atoms with van der Waals surface area (Å²) < 4.78 is 12.3. The number of thioether (sulfide) groups is 1. The highest BCUT2D eigenvalue weighted by Gasteiger charge is 2.40. The summed E-state index contributed by atoms with van der Waals surface area (Å²) in [6, 6.07) is 6.92. The molecular weight excluding hydrogens is 520 g/mol. The fraction of sp³-hybridized carbons (Fsp3) is 0.393. The Bertz CT molecular complexity index is 1320. The van der Waals surface area contributed by atoms with Crippen LogP contribution in [0.2, 0.25) is 0 Å². The van der Waals surface area contributed by atoms with Crippen molar-refractivity contribution in [2.45, 2.75) is 52.7 Å². The minimum absolute atomic E-state index is 0.165. The van der Waals surface area contributed by atoms with Gasteiger partial charge < -0.3 is 19.5 Å². The third-order valence-electron chi connectivity index (χ3n) is 6.63. The molecule has 2 saturated heterocycles. The molecule has 0 spiro atoms. The molecule has 1 aromatic heterocycles. The third-order valence-corrected chi connectivity index (χ3v) is 7.53. The summed E-state index contributed by atoms with van der Waals surface area (Å²) in [5, 5.41) is 9.30. The lowest BCUT2D eigenvalue weighted by Crippen LogP contribution is -2.53. The molecule has 2 unspecified atom stereocenters. The van der Waals surface area contributed by atoms with Crippen molar-refractivity contribution >= 4 is 35.1 Å². The van der Waals surface area contributed by atoms with Crippen molar-refractivity contribution in [2.75, 3.05) is 13.1 Å². The molecule has 10 nitrogen and oxygen atoms in total. The molecule has 2 aromatic rings. The largest absolute Gasteiger partial charge is 0.474 e. The standard InChI is InChI=1S/C28H32N4O6S/c1-6-11-32-25(33)21(39-27(32)36)14-18-8-7-9-19(13-18)37-23-17(2)24(30-16-29-23)38-20-10-12-31(26(34)35)22(15-20)28(3,4)5/h6-9,13-14,16,20,22H,1,10-12,15H2,2-5H3,(H,34,35). The van der Waals surface area contributed by atoms with Gasteiger partial charge in [-0.15, -0.1) is 6.58 Å². The van der Waals surface area contributed by atoms with Crippen LogP contribution in [-0.2, 0) is 4.79 Å². The maximum atomic E-state index is 12.5. The number of amides is 3. The second-order valence-corrected chi connectivity index (χ2v) is 11.5. The van der Waals surface area contributed by atoms with E-state index < -0.39 is 6.09 Å². The summed E-state index contributed by atoms with van der Waals surface area (Å²) in [5.41, 5.74) is 1.06. The van der Waals surface area contributed by atoms with E-state index in [1.807, 2.05) is 26.8 Å². The number of hydrogen-bond donors (Lipinski definition) is 1. The predicted octanol–water partition coefficient (Wildman–Crippen LogP) is 5.74. The topological polar surface area (TPSA) is 122 Å². The molecule has 1 N–H and O–H groups in total. The van der Waals surface area contributed by atoms with E-state index in [2.05, 4.69) is 16.5 Å². The van der Waals surface area contributed by atoms with E-state index in [1.165, 1.54) is 17.3 Å². The molecule has 2 aliphatic rings. The van der Waals surface area contributed by atoms with Gasteiger partial charge in [0.1, 0.15) is 18.2 Å². The molecule has 1 aromatic carbocycles. The van der Waals surface area contributed by atoms with E-state index >= 15 is 0 Å². The number of carbonyl (C=O) groups excluding carboxylic acids is 2. The summed E-state index contributed by atoms with van der Waals surface area (Å²) in [4.78, 5) is 47.9. The van der Waals surface area contributed by atoms with Crippen molar-refractivity contribution in [2.24, 2.45) is 5.41 Å². The Morgan fingerprint density at radius 3 is 2.69 bits per heavy atom. The van der Waals surface area contributed by atoms with E-state index in [0.29, 0.717) is 52.9 Å². The number of likely N-dealkylation sites (tertiary alicyclic amines) is 1. The van der Waals surface area contributed by atoms with Gasteiger partial charge in [-0.2, -0.15) is 0 Å². The highest BCUT2D eigenvalue weighted by molar-refractivity contribution is 8.18. The second kappa shape index (κ2) is 11.5. The van der Waals surface area contributed by atoms with Crippen molar-refractivity contribution in [3.05, 3.63) is 59.3 Å². The Morgan fingerprint density at radius 1 is 1.26 bits per heavy atom. The SMILES string of the molecule is C=CCN1C(=O)SC(=Cc2cccc(Oc3ncnc(OC4CCN(C(=O)O)C(C(C)(C)C)C4)c3C)c2)C1=O. The molecule has 39 heavy (non-hydrogen) atoms. The van der Waals surface area contributed by atoms with Crippen LogP contribution in [-0.4, -0.2) is 67.3 Å². The van der Waals surface area contributed by atoms with Crippen molar-refractivity contribution in [1.82, 2.24) is 19.8 Å². The number of benzene rings is 1. The molecule has 11 heteroatoms. The Hall–Kier alpha value is -3.86. The zero-order valence-electron chi connectivity index (χ0n) is 22.4. The smallest absolute Gasteiger partial charge is 0.407 e. The summed E-state index contributed by atoms with van der Waals surface area (Å²) >= 11 is 0.888. The quantitative estimate of drug-likeness (QED) is 0.339. The second-order valence-electron chi connectivity index (χ2n) is 10.5. The van der Waals surface area contributed by atoms with Gasteiger partial charge in [0.25, 0.3) is 11.1 Å². The molecule has 4 rings (SSSR count). The van der Waals surface area contributed by atoms with E-state index in [9.17, 15) is 19.5 Å². The zero-order chi connectivity index (χ0) is 28.3. The Labute approximate surface area is 231 Å². The van der Waals surface area contributed by atoms with Gasteiger partial charge in [-0.3, -0.25) is 14.5 Å². The molecule has 0 radical (unpaired) electrons. The van der Waals surface area contributed by atoms with Crippen LogP contribution in [0.1, 0.15) is 44.7 Å². The maximum Gasteiger partial charge on any atom is 0.407 e. The van der Waals surface area contributed by atoms with Crippen LogP contribution in [0.3, 0.4) is 0 Å². The molecule has 206 valence electrons. The first kappa shape index (κ1) is 28.2. The van der Waals surface area contributed by atoms with Gasteiger partial charge in [-0.1, -0.05) is 39.0 Å². The van der Waals surface area contributed by atoms with E-state index in [0.717, 1.165) is 16.7 Å². The number of nitrogens with zero attached hydrogens (tertiary/aromatic N) is 4. The van der Waals surface area contributed by atoms with Gasteiger partial charge in [-0.05, 0) is 47.9 Å². The molecule has 2 fully saturated rings. The van der Waals surface area contributed by atoms with Gasteiger partial charge in [0.05, 0.1) is 10.5 Å². The Balaban J connectivity index is 1.48. The van der Waals surface area contributed by atoms with Crippen LogP contribution >= 0.6 is 11.8 Å². The molecule has 0 saturated carbocycles. The van der Waals surface area contributed by atoms with Crippen LogP contribution in [0, 0.1) is 12.3 Å². The lowest BCUT2D eigenvalue weighted by atomic mass is 9.80. The number of rotatable bonds is 7. The number of ether oxygens (including phenoxy) is 2. The number of carboxylic acid groups (broad SMARTS) is 1. The van der Waals surface area contributed by atoms with Gasteiger partial charge >= 0.3 is 6.09 Å². The monoisotopic (exact) mass is 552 g/mol. The third kappa shape index (κ3) is 6.42. The number of imide groups is 1. The molecule has 3 heterocycles. The minimum Gasteiger partial charge on any atom is -0.474 e. The summed E-state index contributed by atoms with van der Waals surface area (Å²) in [7, 11) is 0. The van der Waals surface area contributed by atoms with Crippen molar-refractivity contribution in [1.29, 1.82) is 0 Å². The fourth-order valence-corrected chi connectivity index (χ4v) is 5.45. The Morgan fingerprint density at radius 2 is 2.00 bits per heavy atom. The molecule has 3 amide bonds. The van der Waals surface area contributed by atoms with Crippen molar-refractivity contribution in [3.8, 4) is 17.5 Å². The van der Waals surface area contributed by atoms with Crippen LogP contribution < -0.4 is 9.47 Å². The van der Waals surface area contributed by atoms with Crippen molar-refractivity contribution < 1.29 is 29.0 Å². The predicted molar refractivity (Wildman–Crippen MR) is 148 cm³/mol. The number of carbonyl (C=O) groups is 3. The number of aromatic nitrogens is 2. The average Bonchev–Trinajstić information content (AvgIpc) is 3.13. The summed E-state index contributed by atoms with van der Waals surface area (Å²) in [6.45, 7) is 12.0. The zero-order valence-corrected chi connectivity index (χ0v) is 23.2. The van der Waals surface area contributed by atoms with E-state index in [-0.39, 0.29) is 35.3 Å². The Kier molecular flexibility index (Phi) is 8.29. The first-order valence-corrected chi connectivity index (χ1v) is 13.4. The molecule has 2 atom stereocenters. The van der Waals surface area contributed by atoms with Gasteiger partial charge in [0, 0.05) is 32.0 Å². The normalized spacial score (nSPS) is 20.9. The minimum atomic E-state index is -0.920. The van der Waals surface area contributed by atoms with Gasteiger partial charge in [0.15, 0.2) is 0 Å². The highest BCUT2D eigenvalue weighted by Crippen LogP contribution is 2.36. The number of piperidine rings is 1. The van der Waals surface area contributed by atoms with E-state index in [4.69, 9.17) is 9.47 Å². The van der Waals surface area contributed by atoms with E-state index in [1.54, 1.807) is 31.2 Å². The lowest BCUT2D eigenvalue weighted by Gasteiger charge is -2.44. The van der Waals surface area contributed by atoms with Crippen LogP contribution in [0.4, 0.5) is 9.59 Å². The molecule has 0 aliphatic carbocycles. The maximum absolute atomic E-state index is 12.5. The molecule has 2 aliphatic heterocycles. The van der Waals surface area contributed by atoms with Crippen LogP contribution in [0.5, 0.6) is 17.5 Å². The number of hydrogen-bond acceptors (Lipinski definition) is 8. The highest BCUT2D eigenvalue weighted by atomic mass is 32.2. The fourth-order valence-electron chi connectivity index (χ4n) is 4.61. The summed E-state index contributed by atoms with van der Waals surface area (Å²) in [5.74, 6) is 0.837. The van der Waals surface area contributed by atoms with Crippen molar-refractivity contribution in [3.63, 3.8) is 0 Å². The van der Waals surface area contributed by atoms with Crippen LogP contribution in [0.25, 0.3) is 6.08 Å². The van der Waals surface area contributed by atoms with Gasteiger partial charge in [0.2, 0.25) is 11.8 Å². The molecular formula is C28H32N4O6S. The molecule has 0 bridgehead atoms. The van der Waals surface area contributed by atoms with Crippen LogP contribution in [0.15, 0.2) is 48.2 Å². The summed E-state index contributed by atoms with van der Waals surface area (Å²) in [6.07, 6.45) is 4.51. The van der Waals surface area contributed by atoms with Gasteiger partial charge in [-0.25, -0.2) is 14.8 Å². The first-order chi connectivity index (χ1) is 18.5.